The van der Waals surface area contributed by atoms with Crippen molar-refractivity contribution in [1.82, 2.24) is 5.32 Å². The zero-order chi connectivity index (χ0) is 14.4. The fourth-order valence-corrected chi connectivity index (χ4v) is 1.42. The Balaban J connectivity index is 2.65. The summed E-state index contributed by atoms with van der Waals surface area (Å²) in [5.41, 5.74) is 5.62. The SMILES string of the molecule is CCC(C)NC(=O)COc1c(F)cc(CN)cc1F. The molecule has 0 aliphatic rings. The van der Waals surface area contributed by atoms with Crippen molar-refractivity contribution in [3.05, 3.63) is 29.3 Å². The number of halogens is 2. The van der Waals surface area contributed by atoms with Crippen LogP contribution in [0, 0.1) is 11.6 Å². The smallest absolute Gasteiger partial charge is 0.258 e. The van der Waals surface area contributed by atoms with Gasteiger partial charge in [-0.1, -0.05) is 6.92 Å². The molecule has 0 heterocycles. The van der Waals surface area contributed by atoms with Gasteiger partial charge in [0.2, 0.25) is 0 Å². The van der Waals surface area contributed by atoms with Crippen LogP contribution >= 0.6 is 0 Å². The number of nitrogens with one attached hydrogen (secondary N) is 1. The number of amides is 1. The maximum Gasteiger partial charge on any atom is 0.258 e. The second-order valence-electron chi connectivity index (χ2n) is 4.26. The van der Waals surface area contributed by atoms with Gasteiger partial charge in [-0.3, -0.25) is 4.79 Å². The van der Waals surface area contributed by atoms with E-state index in [0.717, 1.165) is 18.6 Å². The van der Waals surface area contributed by atoms with Crippen LogP contribution in [0.15, 0.2) is 12.1 Å². The first-order valence-electron chi connectivity index (χ1n) is 6.08. The summed E-state index contributed by atoms with van der Waals surface area (Å²) >= 11 is 0. The Labute approximate surface area is 110 Å². The van der Waals surface area contributed by atoms with E-state index in [1.807, 2.05) is 13.8 Å². The molecule has 1 rings (SSSR count). The first kappa shape index (κ1) is 15.4. The second-order valence-corrected chi connectivity index (χ2v) is 4.26. The average molecular weight is 272 g/mol. The molecule has 6 heteroatoms. The van der Waals surface area contributed by atoms with Crippen LogP contribution in [-0.4, -0.2) is 18.6 Å². The normalized spacial score (nSPS) is 12.1. The lowest BCUT2D eigenvalue weighted by Crippen LogP contribution is -2.35. The lowest BCUT2D eigenvalue weighted by molar-refractivity contribution is -0.123. The monoisotopic (exact) mass is 272 g/mol. The Hall–Kier alpha value is -1.69. The van der Waals surface area contributed by atoms with E-state index < -0.39 is 29.9 Å². The van der Waals surface area contributed by atoms with E-state index in [-0.39, 0.29) is 12.6 Å². The summed E-state index contributed by atoms with van der Waals surface area (Å²) in [5.74, 6) is -2.71. The number of hydrogen-bond donors (Lipinski definition) is 2. The van der Waals surface area contributed by atoms with Crippen LogP contribution < -0.4 is 15.8 Å². The van der Waals surface area contributed by atoms with Gasteiger partial charge in [-0.15, -0.1) is 0 Å². The average Bonchev–Trinajstić information content (AvgIpc) is 2.37. The van der Waals surface area contributed by atoms with Crippen LogP contribution in [0.5, 0.6) is 5.75 Å². The van der Waals surface area contributed by atoms with Gasteiger partial charge in [0.25, 0.3) is 5.91 Å². The van der Waals surface area contributed by atoms with Gasteiger partial charge >= 0.3 is 0 Å². The van der Waals surface area contributed by atoms with Crippen molar-refractivity contribution in [2.45, 2.75) is 32.9 Å². The minimum atomic E-state index is -0.864. The molecular weight excluding hydrogens is 254 g/mol. The van der Waals surface area contributed by atoms with E-state index in [1.54, 1.807) is 0 Å². The molecule has 106 valence electrons. The largest absolute Gasteiger partial charge is 0.478 e. The molecule has 4 nitrogen and oxygen atoms in total. The van der Waals surface area contributed by atoms with Gasteiger partial charge in [-0.25, -0.2) is 8.78 Å². The van der Waals surface area contributed by atoms with Crippen LogP contribution in [0.1, 0.15) is 25.8 Å². The molecule has 0 aliphatic heterocycles. The van der Waals surface area contributed by atoms with Crippen molar-refractivity contribution in [2.24, 2.45) is 5.73 Å². The quantitative estimate of drug-likeness (QED) is 0.828. The predicted molar refractivity (Wildman–Crippen MR) is 67.6 cm³/mol. The van der Waals surface area contributed by atoms with Crippen LogP contribution in [0.25, 0.3) is 0 Å². The highest BCUT2D eigenvalue weighted by atomic mass is 19.1. The molecule has 0 fully saturated rings. The minimum Gasteiger partial charge on any atom is -0.478 e. The van der Waals surface area contributed by atoms with Gasteiger partial charge in [-0.05, 0) is 31.0 Å². The maximum atomic E-state index is 13.5. The minimum absolute atomic E-state index is 0.00888. The summed E-state index contributed by atoms with van der Waals surface area (Å²) in [5, 5.41) is 2.63. The molecule has 1 aromatic carbocycles. The Morgan fingerprint density at radius 3 is 2.47 bits per heavy atom. The molecule has 0 saturated heterocycles. The molecule has 0 aliphatic carbocycles. The van der Waals surface area contributed by atoms with Gasteiger partial charge in [0, 0.05) is 12.6 Å². The van der Waals surface area contributed by atoms with Crippen molar-refractivity contribution < 1.29 is 18.3 Å². The molecule has 1 atom stereocenters. The third kappa shape index (κ3) is 4.48. The fraction of sp³-hybridized carbons (Fsp3) is 0.462. The summed E-state index contributed by atoms with van der Waals surface area (Å²) in [6.07, 6.45) is 0.764. The molecule has 0 aromatic heterocycles. The Morgan fingerprint density at radius 1 is 1.42 bits per heavy atom. The van der Waals surface area contributed by atoms with Crippen molar-refractivity contribution >= 4 is 5.91 Å². The van der Waals surface area contributed by atoms with Crippen LogP contribution in [0.2, 0.25) is 0 Å². The van der Waals surface area contributed by atoms with Gasteiger partial charge in [0.05, 0.1) is 0 Å². The fourth-order valence-electron chi connectivity index (χ4n) is 1.42. The molecule has 3 N–H and O–H groups in total. The molecule has 0 spiro atoms. The Bertz CT molecular complexity index is 429. The summed E-state index contributed by atoms with van der Waals surface area (Å²) < 4.78 is 31.9. The van der Waals surface area contributed by atoms with Crippen molar-refractivity contribution in [3.63, 3.8) is 0 Å². The van der Waals surface area contributed by atoms with E-state index >= 15 is 0 Å². The molecular formula is C13H18F2N2O2. The zero-order valence-electron chi connectivity index (χ0n) is 11.0. The molecule has 1 aromatic rings. The van der Waals surface area contributed by atoms with Crippen molar-refractivity contribution in [2.75, 3.05) is 6.61 Å². The summed E-state index contributed by atoms with van der Waals surface area (Å²) in [4.78, 5) is 11.4. The van der Waals surface area contributed by atoms with E-state index in [0.29, 0.717) is 5.56 Å². The Morgan fingerprint density at radius 2 is 2.00 bits per heavy atom. The van der Waals surface area contributed by atoms with Crippen molar-refractivity contribution in [3.8, 4) is 5.75 Å². The third-order valence-electron chi connectivity index (χ3n) is 2.66. The summed E-state index contributed by atoms with van der Waals surface area (Å²) in [6, 6.07) is 2.17. The van der Waals surface area contributed by atoms with Crippen LogP contribution in [0.4, 0.5) is 8.78 Å². The molecule has 0 bridgehead atoms. The van der Waals surface area contributed by atoms with Crippen LogP contribution in [-0.2, 0) is 11.3 Å². The van der Waals surface area contributed by atoms with Gasteiger partial charge in [0.1, 0.15) is 0 Å². The van der Waals surface area contributed by atoms with Gasteiger partial charge in [-0.2, -0.15) is 0 Å². The standard InChI is InChI=1S/C13H18F2N2O2/c1-3-8(2)17-12(18)7-19-13-10(14)4-9(6-16)5-11(13)15/h4-5,8H,3,6-7,16H2,1-2H3,(H,17,18). The lowest BCUT2D eigenvalue weighted by atomic mass is 10.2. The molecule has 0 radical (unpaired) electrons. The number of ether oxygens (including phenoxy) is 1. The first-order chi connectivity index (χ1) is 8.97. The number of hydrogen-bond acceptors (Lipinski definition) is 3. The van der Waals surface area contributed by atoms with Crippen LogP contribution in [0.3, 0.4) is 0 Å². The van der Waals surface area contributed by atoms with Gasteiger partial charge in [0.15, 0.2) is 24.0 Å². The Kier molecular flexibility index (Phi) is 5.69. The number of carbonyl (C=O) groups excluding carboxylic acids is 1. The molecule has 19 heavy (non-hydrogen) atoms. The summed E-state index contributed by atoms with van der Waals surface area (Å²) in [6.45, 7) is 3.34. The van der Waals surface area contributed by atoms with Crippen molar-refractivity contribution in [1.29, 1.82) is 0 Å². The maximum absolute atomic E-state index is 13.5. The molecule has 0 saturated carbocycles. The topological polar surface area (TPSA) is 64.3 Å². The van der Waals surface area contributed by atoms with E-state index in [2.05, 4.69) is 5.32 Å². The number of nitrogens with two attached hydrogens (primary N) is 1. The third-order valence-corrected chi connectivity index (χ3v) is 2.66. The number of carbonyl (C=O) groups is 1. The number of benzene rings is 1. The molecule has 1 unspecified atom stereocenters. The van der Waals surface area contributed by atoms with E-state index in [1.165, 1.54) is 0 Å². The second kappa shape index (κ2) is 7.04. The zero-order valence-corrected chi connectivity index (χ0v) is 11.0. The highest BCUT2D eigenvalue weighted by molar-refractivity contribution is 5.77. The highest BCUT2D eigenvalue weighted by Gasteiger charge is 2.14. The summed E-state index contributed by atoms with van der Waals surface area (Å²) in [7, 11) is 0. The number of rotatable bonds is 6. The lowest BCUT2D eigenvalue weighted by Gasteiger charge is -2.13. The predicted octanol–water partition coefficient (Wildman–Crippen LogP) is 1.72. The highest BCUT2D eigenvalue weighted by Crippen LogP contribution is 2.23. The van der Waals surface area contributed by atoms with E-state index in [4.69, 9.17) is 10.5 Å². The molecule has 1 amide bonds. The first-order valence-corrected chi connectivity index (χ1v) is 6.08. The van der Waals surface area contributed by atoms with E-state index in [9.17, 15) is 13.6 Å². The van der Waals surface area contributed by atoms with Gasteiger partial charge < -0.3 is 15.8 Å².